The van der Waals surface area contributed by atoms with E-state index in [-0.39, 0.29) is 4.47 Å². The predicted molar refractivity (Wildman–Crippen MR) is 75.7 cm³/mol. The highest BCUT2D eigenvalue weighted by molar-refractivity contribution is 9.10. The first-order valence-corrected chi connectivity index (χ1v) is 6.68. The Labute approximate surface area is 124 Å². The number of rotatable bonds is 3. The van der Waals surface area contributed by atoms with Crippen LogP contribution in [0.3, 0.4) is 0 Å². The first kappa shape index (κ1) is 14.9. The quantitative estimate of drug-likeness (QED) is 0.854. The van der Waals surface area contributed by atoms with Gasteiger partial charge in [-0.25, -0.2) is 8.78 Å². The van der Waals surface area contributed by atoms with Crippen LogP contribution in [-0.2, 0) is 5.60 Å². The molecule has 1 atom stereocenters. The number of benzene rings is 2. The highest BCUT2D eigenvalue weighted by Crippen LogP contribution is 2.39. The van der Waals surface area contributed by atoms with E-state index in [0.29, 0.717) is 11.3 Å². The van der Waals surface area contributed by atoms with Crippen LogP contribution in [-0.4, -0.2) is 12.2 Å². The molecule has 5 heteroatoms. The molecule has 0 aliphatic rings. The molecule has 2 rings (SSSR count). The van der Waals surface area contributed by atoms with Crippen molar-refractivity contribution in [1.29, 1.82) is 0 Å². The molecule has 0 aromatic heterocycles. The second-order valence-electron chi connectivity index (χ2n) is 4.49. The molecule has 0 saturated carbocycles. The second-order valence-corrected chi connectivity index (χ2v) is 5.35. The maximum absolute atomic E-state index is 14.2. The molecule has 1 unspecified atom stereocenters. The highest BCUT2D eigenvalue weighted by atomic mass is 79.9. The summed E-state index contributed by atoms with van der Waals surface area (Å²) in [7, 11) is 1.43. The minimum absolute atomic E-state index is 0.0871. The molecule has 0 radical (unpaired) electrons. The van der Waals surface area contributed by atoms with Crippen LogP contribution in [0.4, 0.5) is 8.78 Å². The zero-order valence-electron chi connectivity index (χ0n) is 11.0. The van der Waals surface area contributed by atoms with Gasteiger partial charge in [0.25, 0.3) is 0 Å². The second kappa shape index (κ2) is 5.50. The number of hydrogen-bond donors (Lipinski definition) is 1. The van der Waals surface area contributed by atoms with E-state index in [2.05, 4.69) is 15.9 Å². The van der Waals surface area contributed by atoms with Gasteiger partial charge >= 0.3 is 0 Å². The molecule has 20 heavy (non-hydrogen) atoms. The Morgan fingerprint density at radius 2 is 1.80 bits per heavy atom. The summed E-state index contributed by atoms with van der Waals surface area (Å²) >= 11 is 3.00. The molecule has 0 aliphatic heterocycles. The normalized spacial score (nSPS) is 13.9. The number of aliphatic hydroxyl groups is 1. The van der Waals surface area contributed by atoms with Crippen molar-refractivity contribution >= 4 is 15.9 Å². The third-order valence-electron chi connectivity index (χ3n) is 3.16. The smallest absolute Gasteiger partial charge is 0.146 e. The molecule has 2 aromatic rings. The Morgan fingerprint density at radius 1 is 1.15 bits per heavy atom. The Bertz CT molecular complexity index is 642. The third-order valence-corrected chi connectivity index (χ3v) is 3.77. The van der Waals surface area contributed by atoms with Gasteiger partial charge in [0.1, 0.15) is 23.0 Å². The number of ether oxygens (including phenoxy) is 1. The maximum Gasteiger partial charge on any atom is 0.146 e. The summed E-state index contributed by atoms with van der Waals surface area (Å²) in [4.78, 5) is 0. The number of hydrogen-bond acceptors (Lipinski definition) is 2. The molecule has 1 N–H and O–H groups in total. The third kappa shape index (κ3) is 2.43. The molecule has 0 aliphatic carbocycles. The number of para-hydroxylation sites is 1. The summed E-state index contributed by atoms with van der Waals surface area (Å²) in [5, 5.41) is 10.7. The lowest BCUT2D eigenvalue weighted by atomic mass is 9.87. The summed E-state index contributed by atoms with van der Waals surface area (Å²) in [5.74, 6) is -1.29. The molecule has 0 fully saturated rings. The van der Waals surface area contributed by atoms with Crippen molar-refractivity contribution in [3.8, 4) is 5.75 Å². The van der Waals surface area contributed by atoms with E-state index >= 15 is 0 Å². The van der Waals surface area contributed by atoms with Crippen LogP contribution >= 0.6 is 15.9 Å². The van der Waals surface area contributed by atoms with Gasteiger partial charge in [-0.05, 0) is 41.1 Å². The van der Waals surface area contributed by atoms with Gasteiger partial charge in [-0.2, -0.15) is 0 Å². The first-order chi connectivity index (χ1) is 9.39. The van der Waals surface area contributed by atoms with Crippen LogP contribution in [0.15, 0.2) is 40.9 Å². The monoisotopic (exact) mass is 342 g/mol. The largest absolute Gasteiger partial charge is 0.496 e. The molecule has 106 valence electrons. The summed E-state index contributed by atoms with van der Waals surface area (Å²) in [5.41, 5.74) is -1.99. The molecule has 0 amide bonds. The van der Waals surface area contributed by atoms with Crippen molar-refractivity contribution in [3.63, 3.8) is 0 Å². The van der Waals surface area contributed by atoms with Crippen LogP contribution in [0.2, 0.25) is 0 Å². The lowest BCUT2D eigenvalue weighted by molar-refractivity contribution is 0.0901. The van der Waals surface area contributed by atoms with Gasteiger partial charge < -0.3 is 9.84 Å². The molecule has 2 aromatic carbocycles. The van der Waals surface area contributed by atoms with Gasteiger partial charge in [0.2, 0.25) is 0 Å². The van der Waals surface area contributed by atoms with E-state index in [1.807, 2.05) is 0 Å². The van der Waals surface area contributed by atoms with Crippen LogP contribution in [0, 0.1) is 11.6 Å². The van der Waals surface area contributed by atoms with Crippen molar-refractivity contribution in [2.24, 2.45) is 0 Å². The van der Waals surface area contributed by atoms with Gasteiger partial charge in [-0.15, -0.1) is 0 Å². The first-order valence-electron chi connectivity index (χ1n) is 5.89. The Morgan fingerprint density at radius 3 is 2.45 bits per heavy atom. The topological polar surface area (TPSA) is 29.5 Å². The summed E-state index contributed by atoms with van der Waals surface area (Å²) in [6, 6.07) is 8.93. The fourth-order valence-corrected chi connectivity index (χ4v) is 2.49. The van der Waals surface area contributed by atoms with E-state index < -0.39 is 22.8 Å². The van der Waals surface area contributed by atoms with E-state index in [9.17, 15) is 13.9 Å². The average Bonchev–Trinajstić information content (AvgIpc) is 2.43. The molecule has 0 heterocycles. The Kier molecular flexibility index (Phi) is 4.11. The Balaban J connectivity index is 2.70. The van der Waals surface area contributed by atoms with Gasteiger partial charge in [-0.1, -0.05) is 18.2 Å². The minimum atomic E-state index is -1.86. The maximum atomic E-state index is 14.2. The molecular formula is C15H13BrF2O2. The van der Waals surface area contributed by atoms with E-state index in [1.54, 1.807) is 24.3 Å². The zero-order chi connectivity index (χ0) is 14.9. The van der Waals surface area contributed by atoms with Gasteiger partial charge in [0, 0.05) is 5.56 Å². The van der Waals surface area contributed by atoms with Gasteiger partial charge in [0.15, 0.2) is 0 Å². The van der Waals surface area contributed by atoms with E-state index in [0.717, 1.165) is 6.07 Å². The van der Waals surface area contributed by atoms with Gasteiger partial charge in [-0.3, -0.25) is 0 Å². The van der Waals surface area contributed by atoms with Crippen LogP contribution in [0.1, 0.15) is 18.1 Å². The lowest BCUT2D eigenvalue weighted by Gasteiger charge is -2.27. The standard InChI is InChI=1S/C15H13BrF2O2/c1-15(19,9-5-3-4-6-12(9)20-2)13-11(17)8-7-10(16)14(13)18/h3-8,19H,1-2H3. The average molecular weight is 343 g/mol. The predicted octanol–water partition coefficient (Wildman–Crippen LogP) is 3.99. The van der Waals surface area contributed by atoms with Crippen LogP contribution in [0.25, 0.3) is 0 Å². The summed E-state index contributed by atoms with van der Waals surface area (Å²) in [6.45, 7) is 1.33. The highest BCUT2D eigenvalue weighted by Gasteiger charge is 2.35. The van der Waals surface area contributed by atoms with E-state index in [4.69, 9.17) is 4.74 Å². The molecule has 0 spiro atoms. The minimum Gasteiger partial charge on any atom is -0.496 e. The van der Waals surface area contributed by atoms with Crippen molar-refractivity contribution < 1.29 is 18.6 Å². The van der Waals surface area contributed by atoms with Crippen LogP contribution in [0.5, 0.6) is 5.75 Å². The molecule has 0 saturated heterocycles. The van der Waals surface area contributed by atoms with Crippen molar-refractivity contribution in [1.82, 2.24) is 0 Å². The fourth-order valence-electron chi connectivity index (χ4n) is 2.15. The van der Waals surface area contributed by atoms with Crippen molar-refractivity contribution in [2.45, 2.75) is 12.5 Å². The number of halogens is 3. The van der Waals surface area contributed by atoms with Crippen molar-refractivity contribution in [2.75, 3.05) is 7.11 Å². The molecule has 0 bridgehead atoms. The zero-order valence-corrected chi connectivity index (χ0v) is 12.5. The SMILES string of the molecule is COc1ccccc1C(C)(O)c1c(F)ccc(Br)c1F. The fraction of sp³-hybridized carbons (Fsp3) is 0.200. The molecule has 2 nitrogen and oxygen atoms in total. The van der Waals surface area contributed by atoms with Crippen molar-refractivity contribution in [3.05, 3.63) is 63.6 Å². The summed E-state index contributed by atoms with van der Waals surface area (Å²) < 4.78 is 33.4. The van der Waals surface area contributed by atoms with Gasteiger partial charge in [0.05, 0.1) is 17.1 Å². The lowest BCUT2D eigenvalue weighted by Crippen LogP contribution is -2.27. The molecular weight excluding hydrogens is 330 g/mol. The van der Waals surface area contributed by atoms with Crippen LogP contribution < -0.4 is 4.74 Å². The van der Waals surface area contributed by atoms with E-state index in [1.165, 1.54) is 20.1 Å². The Hall–Kier alpha value is -1.46. The number of methoxy groups -OCH3 is 1. The summed E-state index contributed by atoms with van der Waals surface area (Å²) in [6.07, 6.45) is 0.